The number of piperidine rings is 2. The summed E-state index contributed by atoms with van der Waals surface area (Å²) in [5.41, 5.74) is 3.53. The number of hydrazine groups is 1. The highest BCUT2D eigenvalue weighted by molar-refractivity contribution is 5.28. The molecule has 3 heterocycles. The molecule has 116 valence electrons. The van der Waals surface area contributed by atoms with Crippen LogP contribution in [0.4, 0.5) is 5.82 Å². The van der Waals surface area contributed by atoms with Gasteiger partial charge >= 0.3 is 0 Å². The third-order valence-electron chi connectivity index (χ3n) is 4.70. The number of nitrogens with two attached hydrogens (primary N) is 1. The van der Waals surface area contributed by atoms with Gasteiger partial charge in [-0.25, -0.2) is 10.8 Å². The van der Waals surface area contributed by atoms with Crippen molar-refractivity contribution in [2.75, 3.05) is 31.6 Å². The van der Waals surface area contributed by atoms with Gasteiger partial charge in [0.1, 0.15) is 0 Å². The second-order valence-corrected chi connectivity index (χ2v) is 6.14. The number of nitrogens with zero attached hydrogens (tertiary/aromatic N) is 4. The number of aromatic nitrogens is 2. The Morgan fingerprint density at radius 2 is 1.81 bits per heavy atom. The predicted molar refractivity (Wildman–Crippen MR) is 83.6 cm³/mol. The minimum absolute atomic E-state index is 0.613. The average molecular weight is 290 g/mol. The Labute approximate surface area is 126 Å². The molecule has 2 aliphatic rings. The third-order valence-corrected chi connectivity index (χ3v) is 4.70. The highest BCUT2D eigenvalue weighted by atomic mass is 15.3. The number of nitrogen functional groups attached to an aromatic ring is 1. The van der Waals surface area contributed by atoms with Crippen molar-refractivity contribution >= 4 is 5.82 Å². The number of nitrogens with one attached hydrogen (secondary N) is 1. The zero-order valence-electron chi connectivity index (χ0n) is 12.7. The van der Waals surface area contributed by atoms with Crippen LogP contribution in [0.15, 0.2) is 12.4 Å². The molecule has 6 heteroatoms. The molecule has 0 spiro atoms. The summed E-state index contributed by atoms with van der Waals surface area (Å²) in [4.78, 5) is 13.8. The van der Waals surface area contributed by atoms with E-state index in [1.807, 2.05) is 6.20 Å². The van der Waals surface area contributed by atoms with Crippen LogP contribution in [0.2, 0.25) is 0 Å². The highest BCUT2D eigenvalue weighted by Crippen LogP contribution is 2.21. The Hall–Kier alpha value is -1.24. The number of rotatable bonds is 4. The SMILES string of the molecule is NNc1cnc(CN2CCC(N3CCCCC3)CC2)cn1. The predicted octanol–water partition coefficient (Wildman–Crippen LogP) is 1.21. The van der Waals surface area contributed by atoms with Crippen molar-refractivity contribution in [3.05, 3.63) is 18.1 Å². The molecule has 0 bridgehead atoms. The average Bonchev–Trinajstić information content (AvgIpc) is 2.57. The van der Waals surface area contributed by atoms with E-state index in [9.17, 15) is 0 Å². The molecule has 0 atom stereocenters. The Bertz CT molecular complexity index is 420. The fourth-order valence-corrected chi connectivity index (χ4v) is 3.47. The van der Waals surface area contributed by atoms with E-state index >= 15 is 0 Å². The summed E-state index contributed by atoms with van der Waals surface area (Å²) in [7, 11) is 0. The molecule has 3 rings (SSSR count). The Morgan fingerprint density at radius 1 is 1.05 bits per heavy atom. The van der Waals surface area contributed by atoms with E-state index in [4.69, 9.17) is 5.84 Å². The molecule has 0 aromatic carbocycles. The minimum Gasteiger partial charge on any atom is -0.307 e. The Kier molecular flexibility index (Phi) is 5.00. The number of hydrogen-bond donors (Lipinski definition) is 2. The Morgan fingerprint density at radius 3 is 2.43 bits per heavy atom. The second kappa shape index (κ2) is 7.15. The third kappa shape index (κ3) is 3.90. The second-order valence-electron chi connectivity index (χ2n) is 6.14. The van der Waals surface area contributed by atoms with E-state index in [0.29, 0.717) is 5.82 Å². The van der Waals surface area contributed by atoms with Gasteiger partial charge in [-0.05, 0) is 38.8 Å². The first kappa shape index (κ1) is 14.7. The highest BCUT2D eigenvalue weighted by Gasteiger charge is 2.25. The van der Waals surface area contributed by atoms with Gasteiger partial charge in [-0.2, -0.15) is 0 Å². The van der Waals surface area contributed by atoms with Crippen molar-refractivity contribution in [1.82, 2.24) is 19.8 Å². The van der Waals surface area contributed by atoms with Gasteiger partial charge in [0.15, 0.2) is 5.82 Å². The maximum atomic E-state index is 5.30. The van der Waals surface area contributed by atoms with Crippen molar-refractivity contribution in [2.45, 2.75) is 44.7 Å². The lowest BCUT2D eigenvalue weighted by molar-refractivity contribution is 0.0891. The van der Waals surface area contributed by atoms with E-state index in [-0.39, 0.29) is 0 Å². The number of hydrogen-bond acceptors (Lipinski definition) is 6. The molecular weight excluding hydrogens is 264 g/mol. The maximum Gasteiger partial charge on any atom is 0.158 e. The summed E-state index contributed by atoms with van der Waals surface area (Å²) in [6, 6.07) is 0.802. The molecule has 0 saturated carbocycles. The van der Waals surface area contributed by atoms with Crippen LogP contribution in [0.25, 0.3) is 0 Å². The van der Waals surface area contributed by atoms with Gasteiger partial charge in [-0.1, -0.05) is 6.42 Å². The first-order valence-corrected chi connectivity index (χ1v) is 8.09. The molecule has 21 heavy (non-hydrogen) atoms. The molecule has 1 aromatic heterocycles. The van der Waals surface area contributed by atoms with Crippen molar-refractivity contribution < 1.29 is 0 Å². The fourth-order valence-electron chi connectivity index (χ4n) is 3.47. The van der Waals surface area contributed by atoms with Gasteiger partial charge in [0.25, 0.3) is 0 Å². The zero-order chi connectivity index (χ0) is 14.5. The van der Waals surface area contributed by atoms with Crippen molar-refractivity contribution in [3.63, 3.8) is 0 Å². The molecule has 0 aliphatic carbocycles. The number of likely N-dealkylation sites (tertiary alicyclic amines) is 2. The lowest BCUT2D eigenvalue weighted by Gasteiger charge is -2.40. The van der Waals surface area contributed by atoms with Gasteiger partial charge in [-0.15, -0.1) is 0 Å². The van der Waals surface area contributed by atoms with E-state index < -0.39 is 0 Å². The molecule has 6 nitrogen and oxygen atoms in total. The van der Waals surface area contributed by atoms with Crippen LogP contribution in [0, 0.1) is 0 Å². The largest absolute Gasteiger partial charge is 0.307 e. The van der Waals surface area contributed by atoms with Gasteiger partial charge < -0.3 is 10.3 Å². The van der Waals surface area contributed by atoms with Crippen molar-refractivity contribution in [2.24, 2.45) is 5.84 Å². The summed E-state index contributed by atoms with van der Waals surface area (Å²) in [5.74, 6) is 5.92. The molecule has 1 aromatic rings. The standard InChI is InChI=1S/C15H26N6/c16-19-15-11-17-13(10-18-15)12-20-8-4-14(5-9-20)21-6-2-1-3-7-21/h10-11,14H,1-9,12,16H2,(H,18,19). The maximum absolute atomic E-state index is 5.30. The van der Waals surface area contributed by atoms with Crippen LogP contribution < -0.4 is 11.3 Å². The van der Waals surface area contributed by atoms with Crippen molar-refractivity contribution in [3.8, 4) is 0 Å². The molecule has 3 N–H and O–H groups in total. The lowest BCUT2D eigenvalue weighted by atomic mass is 10.00. The minimum atomic E-state index is 0.613. The summed E-state index contributed by atoms with van der Waals surface area (Å²) in [5, 5.41) is 0. The molecular formula is C15H26N6. The monoisotopic (exact) mass is 290 g/mol. The van der Waals surface area contributed by atoms with Gasteiger partial charge in [0.2, 0.25) is 0 Å². The summed E-state index contributed by atoms with van der Waals surface area (Å²) in [6.07, 6.45) is 10.3. The van der Waals surface area contributed by atoms with E-state index in [2.05, 4.69) is 25.2 Å². The number of anilines is 1. The van der Waals surface area contributed by atoms with Crippen LogP contribution in [0.5, 0.6) is 0 Å². The van der Waals surface area contributed by atoms with Gasteiger partial charge in [0.05, 0.1) is 18.1 Å². The lowest BCUT2D eigenvalue weighted by Crippen LogP contribution is -2.46. The first-order valence-electron chi connectivity index (χ1n) is 8.09. The molecule has 2 saturated heterocycles. The topological polar surface area (TPSA) is 70.3 Å². The van der Waals surface area contributed by atoms with Gasteiger partial charge in [-0.3, -0.25) is 9.88 Å². The first-order chi connectivity index (χ1) is 10.3. The Balaban J connectivity index is 1.46. The molecule has 2 fully saturated rings. The fraction of sp³-hybridized carbons (Fsp3) is 0.733. The van der Waals surface area contributed by atoms with Crippen LogP contribution >= 0.6 is 0 Å². The molecule has 0 amide bonds. The molecule has 0 radical (unpaired) electrons. The van der Waals surface area contributed by atoms with Crippen LogP contribution in [-0.4, -0.2) is 52.0 Å². The van der Waals surface area contributed by atoms with Crippen LogP contribution in [-0.2, 0) is 6.54 Å². The molecule has 0 unspecified atom stereocenters. The molecule has 2 aliphatic heterocycles. The summed E-state index contributed by atoms with van der Waals surface area (Å²) in [6.45, 7) is 5.84. The van der Waals surface area contributed by atoms with Crippen molar-refractivity contribution in [1.29, 1.82) is 0 Å². The van der Waals surface area contributed by atoms with Gasteiger partial charge in [0, 0.05) is 25.7 Å². The van der Waals surface area contributed by atoms with E-state index in [0.717, 1.165) is 18.3 Å². The van der Waals surface area contributed by atoms with E-state index in [1.54, 1.807) is 6.20 Å². The summed E-state index contributed by atoms with van der Waals surface area (Å²) < 4.78 is 0. The van der Waals surface area contributed by atoms with Crippen LogP contribution in [0.3, 0.4) is 0 Å². The van der Waals surface area contributed by atoms with Crippen LogP contribution in [0.1, 0.15) is 37.8 Å². The normalized spacial score (nSPS) is 22.3. The smallest absolute Gasteiger partial charge is 0.158 e. The zero-order valence-corrected chi connectivity index (χ0v) is 12.7. The summed E-state index contributed by atoms with van der Waals surface area (Å²) >= 11 is 0. The van der Waals surface area contributed by atoms with E-state index in [1.165, 1.54) is 58.3 Å². The quantitative estimate of drug-likeness (QED) is 0.642.